The summed E-state index contributed by atoms with van der Waals surface area (Å²) in [5.74, 6) is 1.12. The van der Waals surface area contributed by atoms with Crippen LogP contribution in [-0.2, 0) is 11.4 Å². The van der Waals surface area contributed by atoms with Gasteiger partial charge in [-0.3, -0.25) is 4.79 Å². The molecule has 184 valence electrons. The smallest absolute Gasteiger partial charge is 0.277 e. The molecule has 1 N–H and O–H groups in total. The van der Waals surface area contributed by atoms with Gasteiger partial charge in [-0.25, -0.2) is 5.43 Å². The van der Waals surface area contributed by atoms with Crippen molar-refractivity contribution in [3.05, 3.63) is 84.3 Å². The number of nitrogens with one attached hydrogen (secondary N) is 1. The number of nitrogens with zero attached hydrogens (tertiary/aromatic N) is 1. The highest BCUT2D eigenvalue weighted by Gasteiger charge is 2.13. The van der Waals surface area contributed by atoms with E-state index >= 15 is 0 Å². The molecule has 0 heterocycles. The van der Waals surface area contributed by atoms with Crippen LogP contribution in [0.3, 0.4) is 0 Å². The Bertz CT molecular complexity index is 1250. The molecule has 3 aromatic carbocycles. The van der Waals surface area contributed by atoms with E-state index in [2.05, 4.69) is 26.5 Å². The molecule has 3 rings (SSSR count). The number of carbonyl (C=O) groups excluding carboxylic acids is 1. The Morgan fingerprint density at radius 2 is 1.74 bits per heavy atom. The second kappa shape index (κ2) is 12.5. The number of methoxy groups -OCH3 is 1. The molecule has 0 fully saturated rings. The number of halogens is 4. The van der Waals surface area contributed by atoms with E-state index in [0.29, 0.717) is 47.9 Å². The number of benzene rings is 3. The lowest BCUT2D eigenvalue weighted by molar-refractivity contribution is -0.123. The van der Waals surface area contributed by atoms with Crippen LogP contribution < -0.4 is 19.6 Å². The predicted octanol–water partition coefficient (Wildman–Crippen LogP) is 7.14. The SMILES string of the molecule is COc1cc(/C=N/NC(=O)COc2cc(C)c(Cl)c(C)c2Br)ccc1OCc1c(Cl)cccc1Cl. The first-order valence-electron chi connectivity index (χ1n) is 10.3. The summed E-state index contributed by atoms with van der Waals surface area (Å²) in [4.78, 5) is 12.1. The van der Waals surface area contributed by atoms with Gasteiger partial charge in [-0.15, -0.1) is 0 Å². The molecule has 6 nitrogen and oxygen atoms in total. The first-order chi connectivity index (χ1) is 16.7. The van der Waals surface area contributed by atoms with E-state index in [0.717, 1.165) is 11.1 Å². The first kappa shape index (κ1) is 27.1. The van der Waals surface area contributed by atoms with Crippen molar-refractivity contribution in [2.45, 2.75) is 20.5 Å². The Morgan fingerprint density at radius 1 is 1.03 bits per heavy atom. The van der Waals surface area contributed by atoms with Crippen molar-refractivity contribution < 1.29 is 19.0 Å². The number of carbonyl (C=O) groups is 1. The van der Waals surface area contributed by atoms with E-state index in [1.54, 1.807) is 42.5 Å². The van der Waals surface area contributed by atoms with Crippen LogP contribution in [0.2, 0.25) is 15.1 Å². The third kappa shape index (κ3) is 7.04. The van der Waals surface area contributed by atoms with E-state index < -0.39 is 5.91 Å². The van der Waals surface area contributed by atoms with Gasteiger partial charge in [0.1, 0.15) is 12.4 Å². The van der Waals surface area contributed by atoms with Crippen LogP contribution in [0.15, 0.2) is 52.0 Å². The Morgan fingerprint density at radius 3 is 2.43 bits per heavy atom. The van der Waals surface area contributed by atoms with Crippen LogP contribution in [0.4, 0.5) is 0 Å². The highest BCUT2D eigenvalue weighted by atomic mass is 79.9. The predicted molar refractivity (Wildman–Crippen MR) is 144 cm³/mol. The minimum absolute atomic E-state index is 0.182. The molecule has 0 spiro atoms. The minimum Gasteiger partial charge on any atom is -0.493 e. The fraction of sp³-hybridized carbons (Fsp3) is 0.200. The van der Waals surface area contributed by atoms with Gasteiger partial charge < -0.3 is 14.2 Å². The Balaban J connectivity index is 1.58. The van der Waals surface area contributed by atoms with Gasteiger partial charge in [-0.2, -0.15) is 5.10 Å². The van der Waals surface area contributed by atoms with E-state index in [1.807, 2.05) is 13.8 Å². The zero-order valence-electron chi connectivity index (χ0n) is 19.1. The number of hydrogen-bond donors (Lipinski definition) is 1. The molecule has 0 saturated carbocycles. The van der Waals surface area contributed by atoms with Gasteiger partial charge in [0.05, 0.1) is 17.8 Å². The van der Waals surface area contributed by atoms with E-state index in [1.165, 1.54) is 13.3 Å². The molecule has 0 bridgehead atoms. The molecule has 0 radical (unpaired) electrons. The summed E-state index contributed by atoms with van der Waals surface area (Å²) >= 11 is 22.1. The number of rotatable bonds is 9. The lowest BCUT2D eigenvalue weighted by atomic mass is 10.1. The number of amides is 1. The highest BCUT2D eigenvalue weighted by molar-refractivity contribution is 9.10. The van der Waals surface area contributed by atoms with Crippen LogP contribution in [0, 0.1) is 13.8 Å². The molecule has 0 aliphatic rings. The Hall–Kier alpha value is -2.45. The lowest BCUT2D eigenvalue weighted by Gasteiger charge is -2.13. The van der Waals surface area contributed by atoms with Crippen molar-refractivity contribution in [1.82, 2.24) is 5.43 Å². The van der Waals surface area contributed by atoms with Gasteiger partial charge in [0, 0.05) is 20.6 Å². The van der Waals surface area contributed by atoms with Crippen LogP contribution >= 0.6 is 50.7 Å². The third-order valence-electron chi connectivity index (χ3n) is 4.95. The van der Waals surface area contributed by atoms with Crippen molar-refractivity contribution in [2.75, 3.05) is 13.7 Å². The number of aryl methyl sites for hydroxylation is 1. The molecule has 0 unspecified atom stereocenters. The third-order valence-corrected chi connectivity index (χ3v) is 7.23. The molecule has 0 aromatic heterocycles. The van der Waals surface area contributed by atoms with Gasteiger partial charge in [0.15, 0.2) is 18.1 Å². The van der Waals surface area contributed by atoms with E-state index in [-0.39, 0.29) is 13.2 Å². The van der Waals surface area contributed by atoms with Gasteiger partial charge in [-0.05, 0) is 82.9 Å². The number of hydrazone groups is 1. The summed E-state index contributed by atoms with van der Waals surface area (Å²) in [6, 6.07) is 12.3. The molecule has 35 heavy (non-hydrogen) atoms. The molecule has 0 saturated heterocycles. The monoisotopic (exact) mass is 598 g/mol. The summed E-state index contributed by atoms with van der Waals surface area (Å²) in [6.07, 6.45) is 1.49. The van der Waals surface area contributed by atoms with Crippen molar-refractivity contribution >= 4 is 62.9 Å². The van der Waals surface area contributed by atoms with Crippen LogP contribution in [0.25, 0.3) is 0 Å². The second-order valence-electron chi connectivity index (χ2n) is 7.43. The van der Waals surface area contributed by atoms with Crippen molar-refractivity contribution in [1.29, 1.82) is 0 Å². The highest BCUT2D eigenvalue weighted by Crippen LogP contribution is 2.35. The Labute approximate surface area is 227 Å². The molecule has 0 atom stereocenters. The van der Waals surface area contributed by atoms with E-state index in [9.17, 15) is 4.79 Å². The van der Waals surface area contributed by atoms with Crippen LogP contribution in [0.5, 0.6) is 17.2 Å². The summed E-state index contributed by atoms with van der Waals surface area (Å²) in [5, 5.41) is 5.67. The molecule has 0 aliphatic heterocycles. The van der Waals surface area contributed by atoms with Gasteiger partial charge >= 0.3 is 0 Å². The maximum Gasteiger partial charge on any atom is 0.277 e. The zero-order chi connectivity index (χ0) is 25.5. The molecule has 10 heteroatoms. The standard InChI is InChI=1S/C25H22BrCl3N2O4/c1-14-9-22(24(26)15(2)25(14)29)35-13-23(32)31-30-11-16-7-8-20(21(10-16)33-3)34-12-17-18(27)5-4-6-19(17)28/h4-11H,12-13H2,1-3H3,(H,31,32)/b30-11+. The normalized spacial score (nSPS) is 10.9. The Kier molecular flexibility index (Phi) is 9.69. The van der Waals surface area contributed by atoms with E-state index in [4.69, 9.17) is 49.0 Å². The second-order valence-corrected chi connectivity index (χ2v) is 9.41. The molecule has 1 amide bonds. The zero-order valence-corrected chi connectivity index (χ0v) is 23.0. The quantitative estimate of drug-likeness (QED) is 0.209. The topological polar surface area (TPSA) is 69.2 Å². The van der Waals surface area contributed by atoms with Gasteiger partial charge in [0.2, 0.25) is 0 Å². The average Bonchev–Trinajstić information content (AvgIpc) is 2.84. The maximum absolute atomic E-state index is 12.1. The van der Waals surface area contributed by atoms with Crippen molar-refractivity contribution in [3.8, 4) is 17.2 Å². The maximum atomic E-state index is 12.1. The molecule has 0 aliphatic carbocycles. The largest absolute Gasteiger partial charge is 0.493 e. The summed E-state index contributed by atoms with van der Waals surface area (Å²) < 4.78 is 17.6. The molecular formula is C25H22BrCl3N2O4. The summed E-state index contributed by atoms with van der Waals surface area (Å²) in [5.41, 5.74) is 5.51. The minimum atomic E-state index is -0.415. The fourth-order valence-corrected chi connectivity index (χ4v) is 4.26. The number of ether oxygens (including phenoxy) is 3. The lowest BCUT2D eigenvalue weighted by Crippen LogP contribution is -2.24. The summed E-state index contributed by atoms with van der Waals surface area (Å²) in [7, 11) is 1.53. The average molecular weight is 601 g/mol. The molecular weight excluding hydrogens is 579 g/mol. The first-order valence-corrected chi connectivity index (χ1v) is 12.3. The van der Waals surface area contributed by atoms with Crippen LogP contribution in [0.1, 0.15) is 22.3 Å². The molecule has 3 aromatic rings. The van der Waals surface area contributed by atoms with Crippen LogP contribution in [-0.4, -0.2) is 25.8 Å². The van der Waals surface area contributed by atoms with Crippen molar-refractivity contribution in [3.63, 3.8) is 0 Å². The van der Waals surface area contributed by atoms with Gasteiger partial charge in [0.25, 0.3) is 5.91 Å². The van der Waals surface area contributed by atoms with Gasteiger partial charge in [-0.1, -0.05) is 40.9 Å². The number of hydrogen-bond acceptors (Lipinski definition) is 5. The fourth-order valence-electron chi connectivity index (χ4n) is 3.06. The van der Waals surface area contributed by atoms with Crippen molar-refractivity contribution in [2.24, 2.45) is 5.10 Å². The summed E-state index contributed by atoms with van der Waals surface area (Å²) in [6.45, 7) is 3.71.